The maximum atomic E-state index is 11.8. The van der Waals surface area contributed by atoms with Gasteiger partial charge in [-0.3, -0.25) is 9.69 Å². The number of nitrogens with zero attached hydrogens (tertiary/aromatic N) is 3. The normalized spacial score (nSPS) is 15.6. The summed E-state index contributed by atoms with van der Waals surface area (Å²) in [6.45, 7) is 3.12. The molecule has 86 valence electrons. The van der Waals surface area contributed by atoms with E-state index in [1.807, 2.05) is 6.07 Å². The lowest BCUT2D eigenvalue weighted by Crippen LogP contribution is -2.45. The third-order valence-electron chi connectivity index (χ3n) is 2.33. The number of hydrogen-bond donors (Lipinski definition) is 0. The highest BCUT2D eigenvalue weighted by Gasteiger charge is 2.18. The molecule has 1 aliphatic rings. The molecule has 0 aromatic rings. The second kappa shape index (κ2) is 6.84. The summed E-state index contributed by atoms with van der Waals surface area (Å²) < 4.78 is 5.16. The second-order valence-electron chi connectivity index (χ2n) is 3.50. The predicted molar refractivity (Wildman–Crippen MR) is 58.3 cm³/mol. The average Bonchev–Trinajstić information content (AvgIpc) is 2.31. The van der Waals surface area contributed by atoms with Crippen LogP contribution in [0, 0.1) is 23.7 Å². The van der Waals surface area contributed by atoms with Gasteiger partial charge in [-0.25, -0.2) is 0 Å². The molecule has 1 heterocycles. The quantitative estimate of drug-likeness (QED) is 0.465. The molecule has 0 bridgehead atoms. The van der Waals surface area contributed by atoms with Crippen molar-refractivity contribution in [1.82, 2.24) is 9.80 Å². The first-order chi connectivity index (χ1) is 7.77. The molecule has 0 unspecified atom stereocenters. The van der Waals surface area contributed by atoms with Crippen LogP contribution in [0.4, 0.5) is 0 Å². The lowest BCUT2D eigenvalue weighted by Gasteiger charge is -2.28. The molecule has 0 spiro atoms. The van der Waals surface area contributed by atoms with Crippen LogP contribution in [0.1, 0.15) is 0 Å². The first-order valence-corrected chi connectivity index (χ1v) is 5.16. The molecule has 1 amide bonds. The summed E-state index contributed by atoms with van der Waals surface area (Å²) in [7, 11) is 0. The number of rotatable bonds is 4. The highest BCUT2D eigenvalue weighted by Crippen LogP contribution is 1.99. The summed E-state index contributed by atoms with van der Waals surface area (Å²) in [6, 6.07) is 2.00. The van der Waals surface area contributed by atoms with Crippen LogP contribution < -0.4 is 0 Å². The molecular weight excluding hydrogens is 206 g/mol. The number of morpholine rings is 1. The lowest BCUT2D eigenvalue weighted by molar-refractivity contribution is -0.136. The van der Waals surface area contributed by atoms with Crippen molar-refractivity contribution in [2.45, 2.75) is 0 Å². The molecule has 5 nitrogen and oxygen atoms in total. The van der Waals surface area contributed by atoms with E-state index in [4.69, 9.17) is 16.4 Å². The third-order valence-corrected chi connectivity index (χ3v) is 2.33. The number of nitriles is 1. The van der Waals surface area contributed by atoms with E-state index in [1.165, 1.54) is 0 Å². The smallest absolute Gasteiger partial charge is 0.236 e. The molecular formula is C11H15N3O2. The highest BCUT2D eigenvalue weighted by atomic mass is 16.5. The van der Waals surface area contributed by atoms with Crippen LogP contribution in [0.2, 0.25) is 0 Å². The largest absolute Gasteiger partial charge is 0.378 e. The van der Waals surface area contributed by atoms with Gasteiger partial charge in [-0.05, 0) is 0 Å². The Morgan fingerprint density at radius 2 is 2.12 bits per heavy atom. The Morgan fingerprint density at radius 3 is 2.69 bits per heavy atom. The van der Waals surface area contributed by atoms with E-state index in [9.17, 15) is 4.79 Å². The number of terminal acetylenes is 1. The summed E-state index contributed by atoms with van der Waals surface area (Å²) in [4.78, 5) is 15.2. The zero-order valence-electron chi connectivity index (χ0n) is 9.19. The van der Waals surface area contributed by atoms with Crippen molar-refractivity contribution >= 4 is 5.91 Å². The van der Waals surface area contributed by atoms with Gasteiger partial charge in [0.15, 0.2) is 0 Å². The van der Waals surface area contributed by atoms with Gasteiger partial charge in [0.25, 0.3) is 0 Å². The molecule has 1 rings (SSSR count). The summed E-state index contributed by atoms with van der Waals surface area (Å²) in [5, 5.41) is 8.58. The maximum Gasteiger partial charge on any atom is 0.236 e. The second-order valence-corrected chi connectivity index (χ2v) is 3.50. The first-order valence-electron chi connectivity index (χ1n) is 5.16. The van der Waals surface area contributed by atoms with Gasteiger partial charge in [0.2, 0.25) is 5.91 Å². The molecule has 0 atom stereocenters. The Balaban J connectivity index is 2.41. The zero-order chi connectivity index (χ0) is 11.8. The molecule has 1 saturated heterocycles. The summed E-state index contributed by atoms with van der Waals surface area (Å²) in [6.07, 6.45) is 5.17. The number of amides is 1. The maximum absolute atomic E-state index is 11.8. The SMILES string of the molecule is C#CCN(CC#N)CC(=O)N1CCOCC1. The van der Waals surface area contributed by atoms with Gasteiger partial charge >= 0.3 is 0 Å². The van der Waals surface area contributed by atoms with Crippen molar-refractivity contribution in [3.05, 3.63) is 0 Å². The number of carbonyl (C=O) groups is 1. The molecule has 0 N–H and O–H groups in total. The number of hydrogen-bond acceptors (Lipinski definition) is 4. The molecule has 0 radical (unpaired) electrons. The predicted octanol–water partition coefficient (Wildman–Crippen LogP) is -0.696. The first kappa shape index (κ1) is 12.5. The third kappa shape index (κ3) is 3.90. The zero-order valence-corrected chi connectivity index (χ0v) is 9.19. The fourth-order valence-electron chi connectivity index (χ4n) is 1.50. The highest BCUT2D eigenvalue weighted by molar-refractivity contribution is 5.78. The molecule has 0 aromatic heterocycles. The minimum atomic E-state index is 0.00815. The van der Waals surface area contributed by atoms with E-state index in [2.05, 4.69) is 5.92 Å². The van der Waals surface area contributed by atoms with Crippen molar-refractivity contribution in [2.24, 2.45) is 0 Å². The van der Waals surface area contributed by atoms with Gasteiger partial charge in [0.1, 0.15) is 0 Å². The number of carbonyl (C=O) groups excluding carboxylic acids is 1. The van der Waals surface area contributed by atoms with Crippen LogP contribution in [0.5, 0.6) is 0 Å². The fraction of sp³-hybridized carbons (Fsp3) is 0.636. The Kier molecular flexibility index (Phi) is 5.35. The van der Waals surface area contributed by atoms with Crippen molar-refractivity contribution in [1.29, 1.82) is 5.26 Å². The number of ether oxygens (including phenoxy) is 1. The molecule has 0 aliphatic carbocycles. The van der Waals surface area contributed by atoms with Crippen LogP contribution >= 0.6 is 0 Å². The topological polar surface area (TPSA) is 56.6 Å². The standard InChI is InChI=1S/C11H15N3O2/c1-2-4-13(5-3-12)10-11(15)14-6-8-16-9-7-14/h1H,4-10H2. The van der Waals surface area contributed by atoms with E-state index < -0.39 is 0 Å². The molecule has 1 fully saturated rings. The summed E-state index contributed by atoms with van der Waals surface area (Å²) in [5.74, 6) is 2.45. The van der Waals surface area contributed by atoms with E-state index in [-0.39, 0.29) is 19.0 Å². The van der Waals surface area contributed by atoms with Crippen LogP contribution in [0.25, 0.3) is 0 Å². The Bertz CT molecular complexity index is 294. The van der Waals surface area contributed by atoms with Crippen LogP contribution in [0.3, 0.4) is 0 Å². The van der Waals surface area contributed by atoms with Crippen molar-refractivity contribution in [3.63, 3.8) is 0 Å². The van der Waals surface area contributed by atoms with Gasteiger partial charge in [-0.1, -0.05) is 5.92 Å². The van der Waals surface area contributed by atoms with E-state index in [1.54, 1.807) is 9.80 Å². The van der Waals surface area contributed by atoms with Gasteiger partial charge in [0.05, 0.1) is 38.9 Å². The average molecular weight is 221 g/mol. The van der Waals surface area contributed by atoms with Gasteiger partial charge < -0.3 is 9.64 Å². The minimum Gasteiger partial charge on any atom is -0.378 e. The van der Waals surface area contributed by atoms with E-state index in [0.29, 0.717) is 32.8 Å². The minimum absolute atomic E-state index is 0.00815. The van der Waals surface area contributed by atoms with Gasteiger partial charge in [-0.15, -0.1) is 6.42 Å². The molecule has 0 saturated carbocycles. The van der Waals surface area contributed by atoms with E-state index in [0.717, 1.165) is 0 Å². The Labute approximate surface area is 95.6 Å². The molecule has 5 heteroatoms. The summed E-state index contributed by atoms with van der Waals surface area (Å²) >= 11 is 0. The van der Waals surface area contributed by atoms with Crippen molar-refractivity contribution in [2.75, 3.05) is 45.9 Å². The lowest BCUT2D eigenvalue weighted by atomic mass is 10.3. The molecule has 1 aliphatic heterocycles. The Morgan fingerprint density at radius 1 is 1.44 bits per heavy atom. The van der Waals surface area contributed by atoms with Crippen molar-refractivity contribution < 1.29 is 9.53 Å². The van der Waals surface area contributed by atoms with E-state index >= 15 is 0 Å². The molecule has 16 heavy (non-hydrogen) atoms. The van der Waals surface area contributed by atoms with Crippen LogP contribution in [0.15, 0.2) is 0 Å². The fourth-order valence-corrected chi connectivity index (χ4v) is 1.50. The van der Waals surface area contributed by atoms with Gasteiger partial charge in [-0.2, -0.15) is 5.26 Å². The van der Waals surface area contributed by atoms with Crippen molar-refractivity contribution in [3.8, 4) is 18.4 Å². The van der Waals surface area contributed by atoms with Crippen LogP contribution in [-0.2, 0) is 9.53 Å². The van der Waals surface area contributed by atoms with Gasteiger partial charge in [0, 0.05) is 13.1 Å². The summed E-state index contributed by atoms with van der Waals surface area (Å²) in [5.41, 5.74) is 0. The van der Waals surface area contributed by atoms with Crippen LogP contribution in [-0.4, -0.2) is 61.6 Å². The Hall–Kier alpha value is -1.56. The monoisotopic (exact) mass is 221 g/mol. The molecule has 0 aromatic carbocycles.